The van der Waals surface area contributed by atoms with Gasteiger partial charge in [0.25, 0.3) is 5.91 Å². The lowest BCUT2D eigenvalue weighted by Gasteiger charge is -2.31. The molecule has 1 saturated heterocycles. The topological polar surface area (TPSA) is 128 Å². The van der Waals surface area contributed by atoms with Gasteiger partial charge in [0.15, 0.2) is 16.9 Å². The number of amides is 1. The van der Waals surface area contributed by atoms with E-state index in [0.29, 0.717) is 28.7 Å². The number of oxazole rings is 1. The molecule has 0 radical (unpaired) electrons. The molecule has 1 aliphatic heterocycles. The van der Waals surface area contributed by atoms with E-state index < -0.39 is 5.91 Å². The van der Waals surface area contributed by atoms with Crippen LogP contribution in [0.5, 0.6) is 0 Å². The molecule has 3 aromatic heterocycles. The van der Waals surface area contributed by atoms with Crippen molar-refractivity contribution in [2.24, 2.45) is 0 Å². The number of piperidine rings is 1. The largest absolute Gasteiger partial charge is 0.423 e. The number of hydrogen-bond donors (Lipinski definition) is 2. The van der Waals surface area contributed by atoms with Crippen LogP contribution in [0.15, 0.2) is 35.0 Å². The maximum atomic E-state index is 13.1. The summed E-state index contributed by atoms with van der Waals surface area (Å²) < 4.78 is 7.41. The number of carbonyl (C=O) groups is 1. The first-order valence-corrected chi connectivity index (χ1v) is 10.4. The standard InChI is InChI=1S/C22H22N8O2/c1-2-3-10-29-11-6-7-14(12-29)30-20-17(19(23)24-13-25-20)18(28-30)21(31)27-22-26-15-8-4-5-9-16(15)32-22/h4-5,8-9,13-14H,6-7,10-12H2,1H3,(H2,23,24,25)(H,26,27,31)/t14-/m1/s1. The molecule has 162 valence electrons. The summed E-state index contributed by atoms with van der Waals surface area (Å²) in [6.45, 7) is 4.28. The predicted octanol–water partition coefficient (Wildman–Crippen LogP) is 2.46. The van der Waals surface area contributed by atoms with Gasteiger partial charge in [-0.2, -0.15) is 10.1 Å². The molecule has 10 nitrogen and oxygen atoms in total. The monoisotopic (exact) mass is 430 g/mol. The molecule has 0 bridgehead atoms. The molecule has 0 spiro atoms. The van der Waals surface area contributed by atoms with Crippen molar-refractivity contribution in [3.05, 3.63) is 36.3 Å². The number of nitrogen functional groups attached to an aromatic ring is 1. The van der Waals surface area contributed by atoms with E-state index >= 15 is 0 Å². The molecule has 1 atom stereocenters. The fourth-order valence-electron chi connectivity index (χ4n) is 4.06. The zero-order chi connectivity index (χ0) is 22.1. The van der Waals surface area contributed by atoms with Crippen LogP contribution in [-0.4, -0.2) is 55.2 Å². The van der Waals surface area contributed by atoms with Crippen LogP contribution in [0.2, 0.25) is 0 Å². The zero-order valence-electron chi connectivity index (χ0n) is 17.6. The van der Waals surface area contributed by atoms with E-state index in [0.717, 1.165) is 25.9 Å². The van der Waals surface area contributed by atoms with Crippen molar-refractivity contribution in [2.75, 3.05) is 30.7 Å². The number of nitrogens with one attached hydrogen (secondary N) is 1. The second-order valence-electron chi connectivity index (χ2n) is 7.65. The first-order valence-electron chi connectivity index (χ1n) is 10.4. The highest BCUT2D eigenvalue weighted by atomic mass is 16.4. The summed E-state index contributed by atoms with van der Waals surface area (Å²) in [5.41, 5.74) is 8.05. The van der Waals surface area contributed by atoms with Crippen LogP contribution in [0.1, 0.15) is 36.3 Å². The number of likely N-dealkylation sites (tertiary alicyclic amines) is 1. The Labute approximate surface area is 183 Å². The van der Waals surface area contributed by atoms with Crippen LogP contribution in [0.25, 0.3) is 22.1 Å². The molecule has 1 aromatic carbocycles. The van der Waals surface area contributed by atoms with Crippen molar-refractivity contribution < 1.29 is 9.21 Å². The number of anilines is 2. The maximum Gasteiger partial charge on any atom is 0.302 e. The summed E-state index contributed by atoms with van der Waals surface area (Å²) in [5, 5.41) is 7.74. The second-order valence-corrected chi connectivity index (χ2v) is 7.65. The maximum absolute atomic E-state index is 13.1. The minimum absolute atomic E-state index is 0.0464. The van der Waals surface area contributed by atoms with E-state index in [4.69, 9.17) is 10.2 Å². The highest BCUT2D eigenvalue weighted by molar-refractivity contribution is 6.12. The average molecular weight is 430 g/mol. The van der Waals surface area contributed by atoms with Crippen LogP contribution < -0.4 is 11.1 Å². The van der Waals surface area contributed by atoms with Gasteiger partial charge in [-0.1, -0.05) is 18.1 Å². The Bertz CT molecular complexity index is 1330. The van der Waals surface area contributed by atoms with Gasteiger partial charge in [-0.25, -0.2) is 14.6 Å². The quantitative estimate of drug-likeness (QED) is 0.473. The van der Waals surface area contributed by atoms with Gasteiger partial charge in [0, 0.05) is 6.54 Å². The lowest BCUT2D eigenvalue weighted by atomic mass is 10.1. The van der Waals surface area contributed by atoms with E-state index in [2.05, 4.69) is 42.1 Å². The smallest absolute Gasteiger partial charge is 0.302 e. The van der Waals surface area contributed by atoms with E-state index in [1.54, 1.807) is 10.7 Å². The van der Waals surface area contributed by atoms with Crippen LogP contribution in [0.3, 0.4) is 0 Å². The molecule has 32 heavy (non-hydrogen) atoms. The first kappa shape index (κ1) is 20.0. The molecular weight excluding hydrogens is 408 g/mol. The summed E-state index contributed by atoms with van der Waals surface area (Å²) in [4.78, 5) is 28.2. The van der Waals surface area contributed by atoms with Gasteiger partial charge in [0.2, 0.25) is 0 Å². The lowest BCUT2D eigenvalue weighted by Crippen LogP contribution is -2.37. The van der Waals surface area contributed by atoms with Gasteiger partial charge in [0.05, 0.1) is 18.0 Å². The molecule has 1 aliphatic rings. The van der Waals surface area contributed by atoms with Crippen molar-refractivity contribution in [2.45, 2.75) is 25.8 Å². The van der Waals surface area contributed by atoms with Crippen molar-refractivity contribution in [3.8, 4) is 11.8 Å². The number of para-hydroxylation sites is 2. The molecule has 0 saturated carbocycles. The summed E-state index contributed by atoms with van der Waals surface area (Å²) >= 11 is 0. The Morgan fingerprint density at radius 1 is 1.34 bits per heavy atom. The average Bonchev–Trinajstić information content (AvgIpc) is 3.40. The van der Waals surface area contributed by atoms with E-state index in [1.807, 2.05) is 25.1 Å². The third kappa shape index (κ3) is 3.63. The third-order valence-corrected chi connectivity index (χ3v) is 5.55. The number of fused-ring (bicyclic) bond motifs is 2. The molecule has 1 amide bonds. The zero-order valence-corrected chi connectivity index (χ0v) is 17.6. The summed E-state index contributed by atoms with van der Waals surface area (Å²) in [7, 11) is 0. The number of rotatable bonds is 4. The van der Waals surface area contributed by atoms with Gasteiger partial charge in [-0.15, -0.1) is 5.92 Å². The van der Waals surface area contributed by atoms with E-state index in [-0.39, 0.29) is 23.6 Å². The molecular formula is C22H22N8O2. The van der Waals surface area contributed by atoms with Crippen LogP contribution in [0, 0.1) is 11.8 Å². The fraction of sp³-hybridized carbons (Fsp3) is 0.318. The normalized spacial score (nSPS) is 16.7. The minimum Gasteiger partial charge on any atom is -0.423 e. The predicted molar refractivity (Wildman–Crippen MR) is 120 cm³/mol. The molecule has 10 heteroatoms. The number of carbonyl (C=O) groups excluding carboxylic acids is 1. The summed E-state index contributed by atoms with van der Waals surface area (Å²) in [5.74, 6) is 5.78. The highest BCUT2D eigenvalue weighted by Gasteiger charge is 2.28. The van der Waals surface area contributed by atoms with Crippen molar-refractivity contribution in [3.63, 3.8) is 0 Å². The lowest BCUT2D eigenvalue weighted by molar-refractivity contribution is 0.101. The van der Waals surface area contributed by atoms with Crippen LogP contribution in [0.4, 0.5) is 11.8 Å². The Balaban J connectivity index is 1.49. The Hall–Kier alpha value is -3.97. The van der Waals surface area contributed by atoms with Crippen LogP contribution >= 0.6 is 0 Å². The Kier molecular flexibility index (Phi) is 5.17. The number of aromatic nitrogens is 5. The number of nitrogens with two attached hydrogens (primary N) is 1. The first-order chi connectivity index (χ1) is 15.6. The summed E-state index contributed by atoms with van der Waals surface area (Å²) in [6, 6.07) is 7.42. The van der Waals surface area contributed by atoms with Gasteiger partial charge in [0.1, 0.15) is 17.7 Å². The number of hydrogen-bond acceptors (Lipinski definition) is 8. The van der Waals surface area contributed by atoms with E-state index in [9.17, 15) is 4.79 Å². The fourth-order valence-corrected chi connectivity index (χ4v) is 4.06. The molecule has 4 heterocycles. The second kappa shape index (κ2) is 8.28. The molecule has 0 unspecified atom stereocenters. The van der Waals surface area contributed by atoms with Gasteiger partial charge >= 0.3 is 6.01 Å². The van der Waals surface area contributed by atoms with Crippen LogP contribution in [-0.2, 0) is 0 Å². The Morgan fingerprint density at radius 3 is 3.06 bits per heavy atom. The minimum atomic E-state index is -0.480. The molecule has 0 aliphatic carbocycles. The number of benzene rings is 1. The van der Waals surface area contributed by atoms with Gasteiger partial charge in [-0.3, -0.25) is 15.0 Å². The van der Waals surface area contributed by atoms with E-state index in [1.165, 1.54) is 6.33 Å². The third-order valence-electron chi connectivity index (χ3n) is 5.55. The molecule has 5 rings (SSSR count). The van der Waals surface area contributed by atoms with Crippen molar-refractivity contribution in [1.82, 2.24) is 29.6 Å². The SMILES string of the molecule is CC#CCN1CCC[C@@H](n2nc(C(=O)Nc3nc4ccccc4o3)c3c(N)ncnc32)C1. The highest BCUT2D eigenvalue weighted by Crippen LogP contribution is 2.29. The van der Waals surface area contributed by atoms with Gasteiger partial charge < -0.3 is 10.2 Å². The summed E-state index contributed by atoms with van der Waals surface area (Å²) in [6.07, 6.45) is 3.31. The Morgan fingerprint density at radius 2 is 2.22 bits per heavy atom. The van der Waals surface area contributed by atoms with Gasteiger partial charge in [-0.05, 0) is 38.4 Å². The molecule has 3 N–H and O–H groups in total. The number of nitrogens with zero attached hydrogens (tertiary/aromatic N) is 6. The molecule has 4 aromatic rings. The molecule has 1 fully saturated rings. The van der Waals surface area contributed by atoms with Crippen molar-refractivity contribution in [1.29, 1.82) is 0 Å². The van der Waals surface area contributed by atoms with Crippen molar-refractivity contribution >= 4 is 39.9 Å².